The molecule has 5 heteroatoms. The van der Waals surface area contributed by atoms with Crippen LogP contribution in [0, 0.1) is 5.92 Å². The van der Waals surface area contributed by atoms with Crippen molar-refractivity contribution in [1.82, 2.24) is 4.90 Å². The van der Waals surface area contributed by atoms with E-state index in [0.29, 0.717) is 0 Å². The monoisotopic (exact) mass is 237 g/mol. The third-order valence-electron chi connectivity index (χ3n) is 2.72. The van der Waals surface area contributed by atoms with Gasteiger partial charge >= 0.3 is 0 Å². The first-order valence-corrected chi connectivity index (χ1v) is 7.12. The van der Waals surface area contributed by atoms with Crippen molar-refractivity contribution in [3.63, 3.8) is 0 Å². The van der Waals surface area contributed by atoms with Crippen molar-refractivity contribution >= 4 is 19.7 Å². The average molecular weight is 238 g/mol. The summed E-state index contributed by atoms with van der Waals surface area (Å²) in [7, 11) is 1.68. The summed E-state index contributed by atoms with van der Waals surface area (Å²) in [6, 6.07) is 0. The van der Waals surface area contributed by atoms with Crippen LogP contribution < -0.4 is 0 Å². The molecule has 0 aliphatic carbocycles. The third kappa shape index (κ3) is 2.97. The molecule has 0 spiro atoms. The molecule has 1 aliphatic heterocycles. The van der Waals surface area contributed by atoms with Gasteiger partial charge in [-0.05, 0) is 25.9 Å². The quantitative estimate of drug-likeness (QED) is 0.703. The lowest BCUT2D eigenvalue weighted by Crippen LogP contribution is -2.36. The normalized spacial score (nSPS) is 24.9. The van der Waals surface area contributed by atoms with E-state index in [0.717, 1.165) is 32.5 Å². The lowest BCUT2D eigenvalue weighted by atomic mass is 9.98. The van der Waals surface area contributed by atoms with Crippen LogP contribution in [0.25, 0.3) is 0 Å². The second-order valence-corrected chi connectivity index (χ2v) is 6.26. The van der Waals surface area contributed by atoms with Crippen molar-refractivity contribution in [2.24, 2.45) is 5.92 Å². The SMILES string of the molecule is C=C(C1CCCN(CC)C1)S(=O)(=O)Cl. The molecule has 0 aromatic heterocycles. The Hall–Kier alpha value is -0.0600. The van der Waals surface area contributed by atoms with Gasteiger partial charge in [-0.3, -0.25) is 0 Å². The van der Waals surface area contributed by atoms with Gasteiger partial charge in [0.2, 0.25) is 0 Å². The van der Waals surface area contributed by atoms with Gasteiger partial charge in [0.15, 0.2) is 0 Å². The molecule has 0 amide bonds. The van der Waals surface area contributed by atoms with Gasteiger partial charge in [0.25, 0.3) is 9.05 Å². The Kier molecular flexibility index (Phi) is 3.98. The van der Waals surface area contributed by atoms with Crippen LogP contribution in [0.2, 0.25) is 0 Å². The molecule has 1 unspecified atom stereocenters. The molecule has 0 aromatic rings. The Morgan fingerprint density at radius 2 is 2.29 bits per heavy atom. The largest absolute Gasteiger partial charge is 0.303 e. The predicted molar refractivity (Wildman–Crippen MR) is 58.8 cm³/mol. The smallest absolute Gasteiger partial charge is 0.257 e. The third-order valence-corrected chi connectivity index (χ3v) is 4.28. The number of halogens is 1. The number of hydrogen-bond donors (Lipinski definition) is 0. The summed E-state index contributed by atoms with van der Waals surface area (Å²) in [6.45, 7) is 8.40. The van der Waals surface area contributed by atoms with E-state index in [1.165, 1.54) is 0 Å². The molecule has 1 saturated heterocycles. The predicted octanol–water partition coefficient (Wildman–Crippen LogP) is 1.80. The summed E-state index contributed by atoms with van der Waals surface area (Å²) >= 11 is 0. The first-order valence-electron chi connectivity index (χ1n) is 4.81. The number of hydrogen-bond acceptors (Lipinski definition) is 3. The molecule has 3 nitrogen and oxygen atoms in total. The molecule has 0 bridgehead atoms. The van der Waals surface area contributed by atoms with Crippen LogP contribution >= 0.6 is 10.7 Å². The number of piperidine rings is 1. The summed E-state index contributed by atoms with van der Waals surface area (Å²) in [5.74, 6) is 0.00574. The molecule has 82 valence electrons. The molecule has 0 radical (unpaired) electrons. The Bertz CT molecular complexity index is 313. The van der Waals surface area contributed by atoms with Gasteiger partial charge in [0.1, 0.15) is 0 Å². The molecule has 0 saturated carbocycles. The van der Waals surface area contributed by atoms with Gasteiger partial charge < -0.3 is 4.90 Å². The first kappa shape index (κ1) is 12.0. The van der Waals surface area contributed by atoms with Gasteiger partial charge in [-0.1, -0.05) is 13.5 Å². The Labute approximate surface area is 90.2 Å². The van der Waals surface area contributed by atoms with Crippen molar-refractivity contribution in [1.29, 1.82) is 0 Å². The Morgan fingerprint density at radius 1 is 1.64 bits per heavy atom. The summed E-state index contributed by atoms with van der Waals surface area (Å²) in [5.41, 5.74) is 0. The number of nitrogens with zero attached hydrogens (tertiary/aromatic N) is 1. The summed E-state index contributed by atoms with van der Waals surface area (Å²) in [6.07, 6.45) is 1.89. The molecule has 1 aliphatic rings. The zero-order chi connectivity index (χ0) is 10.8. The zero-order valence-corrected chi connectivity index (χ0v) is 9.94. The molecule has 0 aromatic carbocycles. The summed E-state index contributed by atoms with van der Waals surface area (Å²) < 4.78 is 22.1. The Balaban J connectivity index is 2.65. The van der Waals surface area contributed by atoms with Crippen molar-refractivity contribution in [3.8, 4) is 0 Å². The molecule has 1 fully saturated rings. The van der Waals surface area contributed by atoms with Crippen molar-refractivity contribution in [3.05, 3.63) is 11.5 Å². The Morgan fingerprint density at radius 3 is 2.79 bits per heavy atom. The van der Waals surface area contributed by atoms with Crippen molar-refractivity contribution in [2.45, 2.75) is 19.8 Å². The summed E-state index contributed by atoms with van der Waals surface area (Å²) in [4.78, 5) is 2.40. The van der Waals surface area contributed by atoms with Crippen LogP contribution in [0.3, 0.4) is 0 Å². The van der Waals surface area contributed by atoms with E-state index < -0.39 is 9.05 Å². The fourth-order valence-corrected chi connectivity index (χ4v) is 2.77. The highest BCUT2D eigenvalue weighted by atomic mass is 35.7. The topological polar surface area (TPSA) is 37.4 Å². The minimum atomic E-state index is -3.58. The highest BCUT2D eigenvalue weighted by Crippen LogP contribution is 2.27. The fourth-order valence-electron chi connectivity index (χ4n) is 1.80. The average Bonchev–Trinajstić information content (AvgIpc) is 2.15. The minimum absolute atomic E-state index is 0.00574. The van der Waals surface area contributed by atoms with Crippen LogP contribution in [-0.4, -0.2) is 33.0 Å². The second kappa shape index (κ2) is 4.64. The molecule has 14 heavy (non-hydrogen) atoms. The maximum atomic E-state index is 11.1. The van der Waals surface area contributed by atoms with Crippen LogP contribution in [-0.2, 0) is 9.05 Å². The standard InChI is InChI=1S/C9H16ClNO2S/c1-3-11-6-4-5-9(7-11)8(2)14(10,12)13/h9H,2-7H2,1H3. The van der Waals surface area contributed by atoms with Crippen molar-refractivity contribution < 1.29 is 8.42 Å². The number of likely N-dealkylation sites (tertiary alicyclic amines) is 1. The number of rotatable bonds is 3. The van der Waals surface area contributed by atoms with Gasteiger partial charge in [-0.2, -0.15) is 0 Å². The lowest BCUT2D eigenvalue weighted by Gasteiger charge is -2.31. The van der Waals surface area contributed by atoms with E-state index in [2.05, 4.69) is 18.4 Å². The van der Waals surface area contributed by atoms with Gasteiger partial charge in [-0.25, -0.2) is 8.42 Å². The van der Waals surface area contributed by atoms with Crippen LogP contribution in [0.1, 0.15) is 19.8 Å². The van der Waals surface area contributed by atoms with Crippen LogP contribution in [0.4, 0.5) is 0 Å². The van der Waals surface area contributed by atoms with Crippen molar-refractivity contribution in [2.75, 3.05) is 19.6 Å². The second-order valence-electron chi connectivity index (χ2n) is 3.64. The fraction of sp³-hybridized carbons (Fsp3) is 0.778. The van der Waals surface area contributed by atoms with E-state index in [9.17, 15) is 8.42 Å². The molecular formula is C9H16ClNO2S. The maximum Gasteiger partial charge on any atom is 0.257 e. The molecule has 1 atom stereocenters. The first-order chi connectivity index (χ1) is 6.45. The zero-order valence-electron chi connectivity index (χ0n) is 8.37. The highest BCUT2D eigenvalue weighted by Gasteiger charge is 2.27. The van der Waals surface area contributed by atoms with Gasteiger partial charge in [0.05, 0.1) is 4.91 Å². The lowest BCUT2D eigenvalue weighted by molar-refractivity contribution is 0.204. The van der Waals surface area contributed by atoms with E-state index in [4.69, 9.17) is 10.7 Å². The van der Waals surface area contributed by atoms with Crippen LogP contribution in [0.5, 0.6) is 0 Å². The van der Waals surface area contributed by atoms with Gasteiger partial charge in [0, 0.05) is 23.1 Å². The molecular weight excluding hydrogens is 222 g/mol. The minimum Gasteiger partial charge on any atom is -0.303 e. The van der Waals surface area contributed by atoms with E-state index in [1.54, 1.807) is 0 Å². The molecule has 1 rings (SSSR count). The highest BCUT2D eigenvalue weighted by molar-refractivity contribution is 8.16. The molecule has 1 heterocycles. The van der Waals surface area contributed by atoms with E-state index in [1.807, 2.05) is 0 Å². The van der Waals surface area contributed by atoms with Crippen LogP contribution in [0.15, 0.2) is 11.5 Å². The van der Waals surface area contributed by atoms with E-state index >= 15 is 0 Å². The maximum absolute atomic E-state index is 11.1. The van der Waals surface area contributed by atoms with Gasteiger partial charge in [-0.15, -0.1) is 0 Å². The summed E-state index contributed by atoms with van der Waals surface area (Å²) in [5, 5.41) is 0. The van der Waals surface area contributed by atoms with E-state index in [-0.39, 0.29) is 10.8 Å². The molecule has 0 N–H and O–H groups in total.